The van der Waals surface area contributed by atoms with Crippen molar-refractivity contribution in [2.24, 2.45) is 0 Å². The molecule has 33 heavy (non-hydrogen) atoms. The van der Waals surface area contributed by atoms with Crippen molar-refractivity contribution in [2.45, 2.75) is 13.1 Å². The van der Waals surface area contributed by atoms with E-state index in [-0.39, 0.29) is 24.6 Å². The lowest BCUT2D eigenvalue weighted by Gasteiger charge is -2.11. The van der Waals surface area contributed by atoms with Crippen LogP contribution in [0.15, 0.2) is 77.7 Å². The molecule has 0 aliphatic rings. The summed E-state index contributed by atoms with van der Waals surface area (Å²) in [6.07, 6.45) is 1.68. The normalized spacial score (nSPS) is 11.1. The molecule has 0 aliphatic carbocycles. The fourth-order valence-electron chi connectivity index (χ4n) is 3.80. The number of hydrogen-bond donors (Lipinski definition) is 2. The van der Waals surface area contributed by atoms with Crippen molar-refractivity contribution in [3.8, 4) is 5.75 Å². The number of H-pyrrole nitrogens is 1. The van der Waals surface area contributed by atoms with E-state index in [0.717, 1.165) is 16.6 Å². The number of aromatic nitrogens is 4. The molecule has 0 saturated heterocycles. The Morgan fingerprint density at radius 1 is 1.06 bits per heavy atom. The van der Waals surface area contributed by atoms with E-state index in [1.54, 1.807) is 25.4 Å². The van der Waals surface area contributed by atoms with E-state index in [1.165, 1.54) is 4.68 Å². The predicted octanol–water partition coefficient (Wildman–Crippen LogP) is 3.26. The molecule has 0 saturated carbocycles. The van der Waals surface area contributed by atoms with Crippen LogP contribution in [-0.2, 0) is 13.1 Å². The average molecular weight is 439 g/mol. The zero-order valence-corrected chi connectivity index (χ0v) is 17.9. The molecule has 0 radical (unpaired) electrons. The number of carbonyl (C=O) groups is 1. The standard InChI is InChI=1S/C25H21N5O3/c1-33-18-10-9-16-12-22(28-21(16)13-18)24(31)27-14-23-19-7-2-3-8-20(19)25(32)30(29-23)15-17-6-4-5-11-26-17/h2-13,28H,14-15H2,1H3,(H,27,31). The molecule has 5 aromatic rings. The Morgan fingerprint density at radius 2 is 1.88 bits per heavy atom. The number of nitrogens with one attached hydrogen (secondary N) is 2. The molecule has 2 N–H and O–H groups in total. The van der Waals surface area contributed by atoms with Gasteiger partial charge in [0.25, 0.3) is 11.5 Å². The molecule has 3 heterocycles. The summed E-state index contributed by atoms with van der Waals surface area (Å²) >= 11 is 0. The zero-order valence-electron chi connectivity index (χ0n) is 17.9. The van der Waals surface area contributed by atoms with Crippen LogP contribution in [0.1, 0.15) is 21.9 Å². The Bertz CT molecular complexity index is 1520. The summed E-state index contributed by atoms with van der Waals surface area (Å²) in [7, 11) is 1.60. The van der Waals surface area contributed by atoms with E-state index in [9.17, 15) is 9.59 Å². The SMILES string of the molecule is COc1ccc2cc(C(=O)NCc3nn(Cc4ccccn4)c(=O)c4ccccc34)[nH]c2c1. The topological polar surface area (TPSA) is 102 Å². The molecule has 0 bridgehead atoms. The van der Waals surface area contributed by atoms with E-state index in [0.29, 0.717) is 27.9 Å². The first-order valence-corrected chi connectivity index (χ1v) is 10.5. The lowest BCUT2D eigenvalue weighted by molar-refractivity contribution is 0.0946. The van der Waals surface area contributed by atoms with E-state index in [2.05, 4.69) is 20.4 Å². The van der Waals surface area contributed by atoms with Crippen molar-refractivity contribution < 1.29 is 9.53 Å². The number of benzene rings is 2. The van der Waals surface area contributed by atoms with Gasteiger partial charge in [-0.05, 0) is 36.4 Å². The molecule has 1 amide bonds. The van der Waals surface area contributed by atoms with E-state index < -0.39 is 0 Å². The average Bonchev–Trinajstić information content (AvgIpc) is 3.29. The van der Waals surface area contributed by atoms with Crippen LogP contribution in [0.3, 0.4) is 0 Å². The van der Waals surface area contributed by atoms with Crippen LogP contribution in [0.4, 0.5) is 0 Å². The molecule has 0 spiro atoms. The molecule has 3 aromatic heterocycles. The summed E-state index contributed by atoms with van der Waals surface area (Å²) in [6.45, 7) is 0.413. The number of fused-ring (bicyclic) bond motifs is 2. The van der Waals surface area contributed by atoms with Gasteiger partial charge in [0.05, 0.1) is 37.0 Å². The lowest BCUT2D eigenvalue weighted by atomic mass is 10.1. The number of pyridine rings is 1. The number of carbonyl (C=O) groups excluding carboxylic acids is 1. The maximum absolute atomic E-state index is 13.0. The van der Waals surface area contributed by atoms with E-state index >= 15 is 0 Å². The number of ether oxygens (including phenoxy) is 1. The van der Waals surface area contributed by atoms with Gasteiger partial charge in [-0.3, -0.25) is 14.6 Å². The minimum Gasteiger partial charge on any atom is -0.497 e. The maximum Gasteiger partial charge on any atom is 0.275 e. The summed E-state index contributed by atoms with van der Waals surface area (Å²) in [4.78, 5) is 33.2. The van der Waals surface area contributed by atoms with Crippen LogP contribution in [0.25, 0.3) is 21.7 Å². The fourth-order valence-corrected chi connectivity index (χ4v) is 3.80. The summed E-state index contributed by atoms with van der Waals surface area (Å²) in [5, 5.41) is 9.63. The highest BCUT2D eigenvalue weighted by Crippen LogP contribution is 2.21. The number of amides is 1. The second-order valence-electron chi connectivity index (χ2n) is 7.60. The molecule has 8 heteroatoms. The number of aromatic amines is 1. The Labute approximate surface area is 188 Å². The van der Waals surface area contributed by atoms with Crippen LogP contribution in [-0.4, -0.2) is 32.8 Å². The third kappa shape index (κ3) is 4.06. The van der Waals surface area contributed by atoms with Crippen molar-refractivity contribution in [1.82, 2.24) is 25.1 Å². The van der Waals surface area contributed by atoms with Gasteiger partial charge < -0.3 is 15.0 Å². The second kappa shape index (κ2) is 8.58. The Hall–Kier alpha value is -4.46. The lowest BCUT2D eigenvalue weighted by Crippen LogP contribution is -2.29. The predicted molar refractivity (Wildman–Crippen MR) is 125 cm³/mol. The third-order valence-corrected chi connectivity index (χ3v) is 5.47. The van der Waals surface area contributed by atoms with Crippen LogP contribution in [0.2, 0.25) is 0 Å². The highest BCUT2D eigenvalue weighted by atomic mass is 16.5. The van der Waals surface area contributed by atoms with Crippen LogP contribution in [0, 0.1) is 0 Å². The molecule has 164 valence electrons. The van der Waals surface area contributed by atoms with Crippen LogP contribution in [0.5, 0.6) is 5.75 Å². The molecular weight excluding hydrogens is 418 g/mol. The number of rotatable bonds is 6. The molecule has 5 rings (SSSR count). The van der Waals surface area contributed by atoms with E-state index in [4.69, 9.17) is 4.74 Å². The van der Waals surface area contributed by atoms with Crippen molar-refractivity contribution in [1.29, 1.82) is 0 Å². The Balaban J connectivity index is 1.44. The summed E-state index contributed by atoms with van der Waals surface area (Å²) in [5.74, 6) is 0.445. The van der Waals surface area contributed by atoms with Gasteiger partial charge >= 0.3 is 0 Å². The third-order valence-electron chi connectivity index (χ3n) is 5.47. The molecule has 0 fully saturated rings. The molecular formula is C25H21N5O3. The van der Waals surface area contributed by atoms with Crippen molar-refractivity contribution in [3.05, 3.63) is 100 Å². The second-order valence-corrected chi connectivity index (χ2v) is 7.60. The maximum atomic E-state index is 13.0. The zero-order chi connectivity index (χ0) is 22.8. The molecule has 0 atom stereocenters. The highest BCUT2D eigenvalue weighted by molar-refractivity contribution is 5.98. The first-order valence-electron chi connectivity index (χ1n) is 10.5. The van der Waals surface area contributed by atoms with Crippen LogP contribution >= 0.6 is 0 Å². The summed E-state index contributed by atoms with van der Waals surface area (Å²) < 4.78 is 6.63. The van der Waals surface area contributed by atoms with Crippen molar-refractivity contribution in [2.75, 3.05) is 7.11 Å². The van der Waals surface area contributed by atoms with Crippen LogP contribution < -0.4 is 15.6 Å². The summed E-state index contributed by atoms with van der Waals surface area (Å²) in [5.41, 5.74) is 2.38. The van der Waals surface area contributed by atoms with E-state index in [1.807, 2.05) is 54.6 Å². The van der Waals surface area contributed by atoms with Gasteiger partial charge in [-0.1, -0.05) is 24.3 Å². The fraction of sp³-hybridized carbons (Fsp3) is 0.120. The van der Waals surface area contributed by atoms with Gasteiger partial charge in [-0.2, -0.15) is 5.10 Å². The number of nitrogens with zero attached hydrogens (tertiary/aromatic N) is 3. The van der Waals surface area contributed by atoms with Gasteiger partial charge in [-0.25, -0.2) is 4.68 Å². The van der Waals surface area contributed by atoms with Gasteiger partial charge in [0.2, 0.25) is 0 Å². The first-order chi connectivity index (χ1) is 16.1. The minimum absolute atomic E-state index is 0.167. The van der Waals surface area contributed by atoms with Gasteiger partial charge in [0.1, 0.15) is 11.4 Å². The highest BCUT2D eigenvalue weighted by Gasteiger charge is 2.14. The number of hydrogen-bond acceptors (Lipinski definition) is 5. The van der Waals surface area contributed by atoms with Gasteiger partial charge in [-0.15, -0.1) is 0 Å². The monoisotopic (exact) mass is 439 g/mol. The van der Waals surface area contributed by atoms with Gasteiger partial charge in [0, 0.05) is 28.6 Å². The molecule has 0 unspecified atom stereocenters. The minimum atomic E-state index is -0.265. The first kappa shape index (κ1) is 20.4. The quantitative estimate of drug-likeness (QED) is 0.423. The van der Waals surface area contributed by atoms with Crippen molar-refractivity contribution in [3.63, 3.8) is 0 Å². The number of methoxy groups -OCH3 is 1. The molecule has 8 nitrogen and oxygen atoms in total. The Kier molecular flexibility index (Phi) is 5.32. The van der Waals surface area contributed by atoms with Gasteiger partial charge in [0.15, 0.2) is 0 Å². The molecule has 2 aromatic carbocycles. The molecule has 0 aliphatic heterocycles. The summed E-state index contributed by atoms with van der Waals surface area (Å²) in [6, 6.07) is 20.2. The smallest absolute Gasteiger partial charge is 0.275 e. The largest absolute Gasteiger partial charge is 0.497 e. The van der Waals surface area contributed by atoms with Crippen molar-refractivity contribution >= 4 is 27.6 Å². The Morgan fingerprint density at radius 3 is 2.67 bits per heavy atom.